The first-order valence-corrected chi connectivity index (χ1v) is 14.5. The van der Waals surface area contributed by atoms with E-state index in [4.69, 9.17) is 9.72 Å². The molecule has 2 aliphatic heterocycles. The second-order valence-electron chi connectivity index (χ2n) is 10.5. The Morgan fingerprint density at radius 2 is 1.95 bits per heavy atom. The molecule has 2 atom stereocenters. The zero-order chi connectivity index (χ0) is 29.0. The van der Waals surface area contributed by atoms with Crippen LogP contribution in [0.5, 0.6) is 5.75 Å². The van der Waals surface area contributed by atoms with Crippen LogP contribution in [0.3, 0.4) is 0 Å². The zero-order valence-electron chi connectivity index (χ0n) is 22.3. The number of carbonyl (C=O) groups excluding carboxylic acids is 2. The number of carboxylic acids is 1. The summed E-state index contributed by atoms with van der Waals surface area (Å²) < 4.78 is 19.2. The first-order valence-electron chi connectivity index (χ1n) is 13.7. The molecule has 11 heteroatoms. The molecule has 1 saturated heterocycles. The maximum atomic E-state index is 13.6. The number of nitrogens with one attached hydrogen (secondary N) is 1. The van der Waals surface area contributed by atoms with Crippen molar-refractivity contribution in [2.24, 2.45) is 0 Å². The molecular weight excluding hydrogens is 559 g/mol. The van der Waals surface area contributed by atoms with E-state index in [1.165, 1.54) is 24.3 Å². The fourth-order valence-corrected chi connectivity index (χ4v) is 7.17. The van der Waals surface area contributed by atoms with Crippen molar-refractivity contribution >= 4 is 29.1 Å². The summed E-state index contributed by atoms with van der Waals surface area (Å²) in [4.78, 5) is 51.4. The first kappa shape index (κ1) is 26.3. The fourth-order valence-electron chi connectivity index (χ4n) is 6.20. The van der Waals surface area contributed by atoms with E-state index in [-0.39, 0.29) is 52.9 Å². The monoisotopic (exact) mass is 584 g/mol. The molecule has 1 aromatic carbocycles. The molecule has 2 amide bonds. The summed E-state index contributed by atoms with van der Waals surface area (Å²) in [6.07, 6.45) is 4.83. The van der Waals surface area contributed by atoms with E-state index in [0.717, 1.165) is 48.3 Å². The summed E-state index contributed by atoms with van der Waals surface area (Å²) in [5.74, 6) is -1.85. The van der Waals surface area contributed by atoms with Crippen LogP contribution in [0.15, 0.2) is 54.7 Å². The van der Waals surface area contributed by atoms with Gasteiger partial charge >= 0.3 is 5.97 Å². The van der Waals surface area contributed by atoms with E-state index in [9.17, 15) is 23.9 Å². The lowest BCUT2D eigenvalue weighted by molar-refractivity contribution is 0.0693. The number of aryl methyl sites for hydroxylation is 1. The average molecular weight is 585 g/mol. The molecule has 7 rings (SSSR count). The van der Waals surface area contributed by atoms with Crippen LogP contribution in [-0.2, 0) is 13.0 Å². The predicted octanol–water partition coefficient (Wildman–Crippen LogP) is 5.33. The quantitative estimate of drug-likeness (QED) is 0.301. The van der Waals surface area contributed by atoms with Crippen LogP contribution in [0.25, 0.3) is 10.4 Å². The van der Waals surface area contributed by atoms with E-state index in [2.05, 4.69) is 10.3 Å². The lowest BCUT2D eigenvalue weighted by Gasteiger charge is -2.16. The third-order valence-electron chi connectivity index (χ3n) is 8.10. The highest BCUT2D eigenvalue weighted by atomic mass is 32.1. The predicted molar refractivity (Wildman–Crippen MR) is 151 cm³/mol. The first-order chi connectivity index (χ1) is 20.4. The molecule has 42 heavy (non-hydrogen) atoms. The van der Waals surface area contributed by atoms with Crippen molar-refractivity contribution in [2.45, 2.75) is 44.4 Å². The lowest BCUT2D eigenvalue weighted by atomic mass is 9.95. The summed E-state index contributed by atoms with van der Waals surface area (Å²) in [7, 11) is 0. The van der Waals surface area contributed by atoms with Crippen molar-refractivity contribution < 1.29 is 28.6 Å². The van der Waals surface area contributed by atoms with Crippen LogP contribution >= 0.6 is 11.3 Å². The summed E-state index contributed by atoms with van der Waals surface area (Å²) in [5.41, 5.74) is 3.05. The molecule has 9 nitrogen and oxygen atoms in total. The molecule has 5 heterocycles. The number of fused-ring (bicyclic) bond motifs is 4. The van der Waals surface area contributed by atoms with E-state index >= 15 is 0 Å². The lowest BCUT2D eigenvalue weighted by Crippen LogP contribution is -2.26. The molecule has 0 saturated carbocycles. The van der Waals surface area contributed by atoms with Gasteiger partial charge in [0.2, 0.25) is 0 Å². The summed E-state index contributed by atoms with van der Waals surface area (Å²) in [6, 6.07) is 12.2. The number of amides is 2. The van der Waals surface area contributed by atoms with E-state index < -0.39 is 11.8 Å². The van der Waals surface area contributed by atoms with E-state index in [1.54, 1.807) is 23.2 Å². The van der Waals surface area contributed by atoms with E-state index in [0.29, 0.717) is 27.7 Å². The average Bonchev–Trinajstić information content (AvgIpc) is 3.79. The number of ether oxygens (including phenoxy) is 1. The number of nitrogens with zero attached hydrogens (tertiary/aromatic N) is 3. The van der Waals surface area contributed by atoms with Crippen LogP contribution in [0.1, 0.15) is 84.4 Å². The third-order valence-corrected chi connectivity index (χ3v) is 9.20. The number of thiophene rings is 1. The molecule has 4 aromatic rings. The van der Waals surface area contributed by atoms with Crippen molar-refractivity contribution in [1.82, 2.24) is 20.2 Å². The van der Waals surface area contributed by atoms with Gasteiger partial charge < -0.3 is 20.1 Å². The molecular formula is C31H25FN4O5S. The Morgan fingerprint density at radius 3 is 2.76 bits per heavy atom. The maximum absolute atomic E-state index is 13.6. The smallest absolute Gasteiger partial charge is 0.338 e. The number of benzene rings is 1. The highest BCUT2D eigenvalue weighted by Crippen LogP contribution is 2.47. The van der Waals surface area contributed by atoms with Gasteiger partial charge in [0.25, 0.3) is 11.8 Å². The van der Waals surface area contributed by atoms with Gasteiger partial charge in [-0.1, -0.05) is 6.07 Å². The fraction of sp³-hybridized carbons (Fsp3) is 0.258. The summed E-state index contributed by atoms with van der Waals surface area (Å²) in [5, 5.41) is 13.5. The van der Waals surface area contributed by atoms with Crippen molar-refractivity contribution in [3.63, 3.8) is 0 Å². The van der Waals surface area contributed by atoms with E-state index in [1.807, 2.05) is 12.1 Å². The molecule has 3 aliphatic rings. The van der Waals surface area contributed by atoms with Gasteiger partial charge in [0, 0.05) is 28.9 Å². The van der Waals surface area contributed by atoms with Crippen molar-refractivity contribution in [3.05, 3.63) is 99.2 Å². The zero-order valence-corrected chi connectivity index (χ0v) is 23.1. The number of carbonyl (C=O) groups is 3. The number of hydrogen-bond acceptors (Lipinski definition) is 7. The Bertz CT molecular complexity index is 1750. The van der Waals surface area contributed by atoms with Crippen molar-refractivity contribution in [1.29, 1.82) is 0 Å². The van der Waals surface area contributed by atoms with Crippen molar-refractivity contribution in [3.8, 4) is 16.2 Å². The highest BCUT2D eigenvalue weighted by Gasteiger charge is 2.45. The number of rotatable bonds is 7. The van der Waals surface area contributed by atoms with Crippen LogP contribution in [0.4, 0.5) is 4.39 Å². The normalized spacial score (nSPS) is 18.5. The minimum Gasteiger partial charge on any atom is -0.487 e. The number of halogens is 1. The van der Waals surface area contributed by atoms with Gasteiger partial charge in [-0.25, -0.2) is 9.18 Å². The highest BCUT2D eigenvalue weighted by molar-refractivity contribution is 7.17. The molecule has 212 valence electrons. The molecule has 1 aliphatic carbocycles. The van der Waals surface area contributed by atoms with Crippen LogP contribution in [0.2, 0.25) is 0 Å². The Balaban J connectivity index is 1.27. The van der Waals surface area contributed by atoms with Gasteiger partial charge in [-0.15, -0.1) is 11.3 Å². The number of pyridine rings is 2. The number of hydrogen-bond donors (Lipinski definition) is 2. The van der Waals surface area contributed by atoms with Crippen LogP contribution < -0.4 is 10.1 Å². The van der Waals surface area contributed by atoms with Gasteiger partial charge in [0.15, 0.2) is 0 Å². The Morgan fingerprint density at radius 1 is 1.12 bits per heavy atom. The Labute approximate surface area is 244 Å². The second kappa shape index (κ2) is 10.3. The van der Waals surface area contributed by atoms with Gasteiger partial charge in [0.05, 0.1) is 39.5 Å². The van der Waals surface area contributed by atoms with Crippen LogP contribution in [-0.4, -0.2) is 44.3 Å². The number of aromatic carboxylic acids is 1. The van der Waals surface area contributed by atoms with Gasteiger partial charge in [0.1, 0.15) is 18.2 Å². The summed E-state index contributed by atoms with van der Waals surface area (Å²) >= 11 is 1.14. The standard InChI is InChI=1S/C31H25FN4O5S/c32-16-5-7-17(8-6-16)41-15-21-25(31(39)40)26(27-28(34-21)22-4-2-14-36(22)30(27)38)23-11-12-24(42-23)29(37)35-20-10-9-19-18(20)3-1-13-33-19/h1,3,5-8,11-13,20,22H,2,4,9-10,14-15H2,(H,35,37)(H,39,40)/t20-,22+/m1/s1. The summed E-state index contributed by atoms with van der Waals surface area (Å²) in [6.45, 7) is 0.376. The second-order valence-corrected chi connectivity index (χ2v) is 11.6. The molecule has 0 bridgehead atoms. The molecule has 0 unspecified atom stereocenters. The number of aromatic nitrogens is 2. The third kappa shape index (κ3) is 4.40. The van der Waals surface area contributed by atoms with Crippen molar-refractivity contribution in [2.75, 3.05) is 6.54 Å². The minimum atomic E-state index is -1.26. The Hall–Kier alpha value is -4.64. The molecule has 1 fully saturated rings. The van der Waals surface area contributed by atoms with Gasteiger partial charge in [-0.2, -0.15) is 0 Å². The SMILES string of the molecule is O=C(N[C@@H]1CCc2ncccc21)c1ccc(-c2c(C(=O)O)c(COc3ccc(F)cc3)nc3c2C(=O)N2CCC[C@@H]32)s1. The molecule has 3 aromatic heterocycles. The molecule has 0 spiro atoms. The Kier molecular flexibility index (Phi) is 6.46. The molecule has 2 N–H and O–H groups in total. The van der Waals surface area contributed by atoms with Gasteiger partial charge in [-0.3, -0.25) is 19.6 Å². The minimum absolute atomic E-state index is 0.144. The largest absolute Gasteiger partial charge is 0.487 e. The number of carboxylic acid groups (broad SMARTS) is 1. The van der Waals surface area contributed by atoms with Gasteiger partial charge in [-0.05, 0) is 73.7 Å². The van der Waals surface area contributed by atoms with Crippen LogP contribution in [0, 0.1) is 5.82 Å². The maximum Gasteiger partial charge on any atom is 0.338 e. The topological polar surface area (TPSA) is 122 Å². The molecule has 0 radical (unpaired) electrons.